The quantitative estimate of drug-likeness (QED) is 0.364. The van der Waals surface area contributed by atoms with Gasteiger partial charge in [-0.2, -0.15) is 0 Å². The van der Waals surface area contributed by atoms with Crippen molar-refractivity contribution in [2.75, 3.05) is 0 Å². The SMILES string of the molecule is C=C(C=O)/C=C\N.CCC.[HH]. The van der Waals surface area contributed by atoms with E-state index in [0.717, 1.165) is 0 Å². The summed E-state index contributed by atoms with van der Waals surface area (Å²) in [6.45, 7) is 7.58. The normalized spacial score (nSPS) is 8.20. The molecule has 0 amide bonds. The minimum Gasteiger partial charge on any atom is -0.405 e. The van der Waals surface area contributed by atoms with Crippen molar-refractivity contribution in [1.82, 2.24) is 0 Å². The van der Waals surface area contributed by atoms with E-state index in [4.69, 9.17) is 5.73 Å². The third-order valence-electron chi connectivity index (χ3n) is 0.462. The van der Waals surface area contributed by atoms with Crippen molar-refractivity contribution in [3.8, 4) is 0 Å². The van der Waals surface area contributed by atoms with Crippen LogP contribution in [-0.2, 0) is 4.79 Å². The number of hydrogen-bond acceptors (Lipinski definition) is 2. The third kappa shape index (κ3) is 15.8. The van der Waals surface area contributed by atoms with Crippen molar-refractivity contribution in [2.45, 2.75) is 20.3 Å². The van der Waals surface area contributed by atoms with Crippen molar-refractivity contribution in [3.63, 3.8) is 0 Å². The van der Waals surface area contributed by atoms with Gasteiger partial charge in [0.25, 0.3) is 0 Å². The Hall–Kier alpha value is -1.05. The Kier molecular flexibility index (Phi) is 12.7. The van der Waals surface area contributed by atoms with Crippen LogP contribution in [0, 0.1) is 0 Å². The average Bonchev–Trinajstić information content (AvgIpc) is 1.90. The van der Waals surface area contributed by atoms with Crippen LogP contribution in [0.1, 0.15) is 21.7 Å². The van der Waals surface area contributed by atoms with Crippen LogP contribution in [0.4, 0.5) is 0 Å². The first-order valence-electron chi connectivity index (χ1n) is 3.25. The summed E-state index contributed by atoms with van der Waals surface area (Å²) in [5.74, 6) is 0. The highest BCUT2D eigenvalue weighted by atomic mass is 16.1. The topological polar surface area (TPSA) is 43.1 Å². The molecule has 0 radical (unpaired) electrons. The van der Waals surface area contributed by atoms with Gasteiger partial charge in [-0.3, -0.25) is 4.79 Å². The average molecular weight is 143 g/mol. The van der Waals surface area contributed by atoms with Gasteiger partial charge in [0.2, 0.25) is 0 Å². The summed E-state index contributed by atoms with van der Waals surface area (Å²) in [6.07, 6.45) is 4.60. The second-order valence-corrected chi connectivity index (χ2v) is 1.76. The lowest BCUT2D eigenvalue weighted by Gasteiger charge is -1.75. The van der Waals surface area contributed by atoms with Crippen molar-refractivity contribution in [1.29, 1.82) is 0 Å². The standard InChI is InChI=1S/C5H7NO.C3H8.H2/c1-5(4-7)2-3-6;1-3-2;/h2-4H,1,6H2;3H2,1-2H3;1H/b3-2-;;. The highest BCUT2D eigenvalue weighted by Gasteiger charge is 1.75. The molecule has 0 rings (SSSR count). The molecule has 0 aliphatic heterocycles. The van der Waals surface area contributed by atoms with E-state index in [9.17, 15) is 4.79 Å². The van der Waals surface area contributed by atoms with Crippen LogP contribution in [0.3, 0.4) is 0 Å². The zero-order valence-corrected chi connectivity index (χ0v) is 6.63. The predicted molar refractivity (Wildman–Crippen MR) is 46.6 cm³/mol. The number of carbonyl (C=O) groups is 1. The Morgan fingerprint density at radius 2 is 2.10 bits per heavy atom. The molecule has 0 bridgehead atoms. The maximum atomic E-state index is 9.69. The molecule has 2 N–H and O–H groups in total. The van der Waals surface area contributed by atoms with E-state index < -0.39 is 0 Å². The maximum Gasteiger partial charge on any atom is 0.149 e. The fourth-order valence-electron chi connectivity index (χ4n) is 0.163. The summed E-state index contributed by atoms with van der Waals surface area (Å²) in [7, 11) is 0. The molecule has 60 valence electrons. The van der Waals surface area contributed by atoms with Crippen LogP contribution in [0.5, 0.6) is 0 Å². The molecule has 0 aromatic rings. The first kappa shape index (κ1) is 11.7. The lowest BCUT2D eigenvalue weighted by Crippen LogP contribution is -1.79. The van der Waals surface area contributed by atoms with Crippen LogP contribution in [0.2, 0.25) is 0 Å². The monoisotopic (exact) mass is 143 g/mol. The summed E-state index contributed by atoms with van der Waals surface area (Å²) in [6, 6.07) is 0. The number of allylic oxidation sites excluding steroid dienone is 2. The lowest BCUT2D eigenvalue weighted by atomic mass is 10.3. The molecule has 0 aliphatic carbocycles. The van der Waals surface area contributed by atoms with Gasteiger partial charge >= 0.3 is 0 Å². The predicted octanol–water partition coefficient (Wildman–Crippen LogP) is 1.88. The number of rotatable bonds is 2. The number of carbonyl (C=O) groups excluding carboxylic acids is 1. The largest absolute Gasteiger partial charge is 0.405 e. The zero-order chi connectivity index (χ0) is 8.41. The van der Waals surface area contributed by atoms with E-state index in [2.05, 4.69) is 20.4 Å². The fourth-order valence-corrected chi connectivity index (χ4v) is 0.163. The van der Waals surface area contributed by atoms with E-state index in [1.807, 2.05) is 0 Å². The summed E-state index contributed by atoms with van der Waals surface area (Å²) in [4.78, 5) is 9.69. The first-order chi connectivity index (χ1) is 4.72. The molecule has 0 aliphatic rings. The fraction of sp³-hybridized carbons (Fsp3) is 0.375. The molecule has 2 nitrogen and oxygen atoms in total. The number of hydrogen-bond donors (Lipinski definition) is 1. The number of aldehydes is 1. The van der Waals surface area contributed by atoms with E-state index in [1.165, 1.54) is 18.7 Å². The highest BCUT2D eigenvalue weighted by molar-refractivity contribution is 5.76. The molecule has 0 saturated heterocycles. The molecule has 0 heterocycles. The molecule has 0 saturated carbocycles. The molecule has 0 unspecified atom stereocenters. The van der Waals surface area contributed by atoms with Crippen molar-refractivity contribution in [2.24, 2.45) is 5.73 Å². The van der Waals surface area contributed by atoms with Crippen molar-refractivity contribution < 1.29 is 6.22 Å². The Morgan fingerprint density at radius 1 is 1.70 bits per heavy atom. The molecule has 10 heavy (non-hydrogen) atoms. The number of nitrogens with two attached hydrogens (primary N) is 1. The maximum absolute atomic E-state index is 9.69. The molecule has 0 spiro atoms. The molecule has 0 aromatic carbocycles. The van der Waals surface area contributed by atoms with Gasteiger partial charge in [0.1, 0.15) is 6.29 Å². The Labute approximate surface area is 63.9 Å². The second kappa shape index (κ2) is 10.8. The van der Waals surface area contributed by atoms with Crippen LogP contribution >= 0.6 is 0 Å². The van der Waals surface area contributed by atoms with Crippen LogP contribution in [-0.4, -0.2) is 6.29 Å². The summed E-state index contributed by atoms with van der Waals surface area (Å²) in [5, 5.41) is 0. The Balaban J connectivity index is -0.000000140. The minimum atomic E-state index is 0. The van der Waals surface area contributed by atoms with Crippen LogP contribution < -0.4 is 5.73 Å². The van der Waals surface area contributed by atoms with Gasteiger partial charge in [-0.25, -0.2) is 0 Å². The third-order valence-corrected chi connectivity index (χ3v) is 0.462. The highest BCUT2D eigenvalue weighted by Crippen LogP contribution is 1.80. The van der Waals surface area contributed by atoms with Gasteiger partial charge in [-0.1, -0.05) is 26.8 Å². The zero-order valence-electron chi connectivity index (χ0n) is 6.63. The van der Waals surface area contributed by atoms with E-state index in [-0.39, 0.29) is 1.43 Å². The van der Waals surface area contributed by atoms with Gasteiger partial charge in [-0.05, 0) is 12.3 Å². The Bertz CT molecular complexity index is 121. The second-order valence-electron chi connectivity index (χ2n) is 1.76. The van der Waals surface area contributed by atoms with E-state index in [1.54, 1.807) is 0 Å². The van der Waals surface area contributed by atoms with Crippen LogP contribution in [0.15, 0.2) is 24.4 Å². The summed E-state index contributed by atoms with van der Waals surface area (Å²) < 4.78 is 0. The molecule has 0 aromatic heterocycles. The van der Waals surface area contributed by atoms with Gasteiger partial charge in [0.15, 0.2) is 0 Å². The van der Waals surface area contributed by atoms with Gasteiger partial charge < -0.3 is 5.73 Å². The van der Waals surface area contributed by atoms with E-state index in [0.29, 0.717) is 11.9 Å². The summed E-state index contributed by atoms with van der Waals surface area (Å²) in [5.41, 5.74) is 5.30. The molecule has 0 atom stereocenters. The van der Waals surface area contributed by atoms with Gasteiger partial charge in [-0.15, -0.1) is 0 Å². The molecule has 0 fully saturated rings. The van der Waals surface area contributed by atoms with Crippen LogP contribution in [0.25, 0.3) is 0 Å². The lowest BCUT2D eigenvalue weighted by molar-refractivity contribution is -0.104. The van der Waals surface area contributed by atoms with E-state index >= 15 is 0 Å². The Morgan fingerprint density at radius 3 is 2.20 bits per heavy atom. The first-order valence-corrected chi connectivity index (χ1v) is 3.25. The molecule has 2 heteroatoms. The van der Waals surface area contributed by atoms with Crippen molar-refractivity contribution >= 4 is 6.29 Å². The summed E-state index contributed by atoms with van der Waals surface area (Å²) >= 11 is 0. The van der Waals surface area contributed by atoms with Gasteiger partial charge in [0.05, 0.1) is 0 Å². The molecular weight excluding hydrogens is 126 g/mol. The van der Waals surface area contributed by atoms with Crippen molar-refractivity contribution in [3.05, 3.63) is 24.4 Å². The smallest absolute Gasteiger partial charge is 0.149 e. The van der Waals surface area contributed by atoms with Gasteiger partial charge in [0, 0.05) is 7.00 Å². The molecular formula is C8H17NO. The minimum absolute atomic E-state index is 0.